The topological polar surface area (TPSA) is 56.7 Å². The van der Waals surface area contributed by atoms with Crippen molar-refractivity contribution in [1.29, 1.82) is 0 Å². The predicted molar refractivity (Wildman–Crippen MR) is 71.1 cm³/mol. The molecule has 0 radical (unpaired) electrons. The molecule has 1 saturated carbocycles. The molecule has 1 atom stereocenters. The number of aromatic nitrogens is 3. The van der Waals surface area contributed by atoms with E-state index in [2.05, 4.69) is 29.4 Å². The maximum Gasteiger partial charge on any atom is 0.0818 e. The molecule has 0 aliphatic heterocycles. The molecule has 0 saturated heterocycles. The van der Waals surface area contributed by atoms with Crippen molar-refractivity contribution in [3.63, 3.8) is 0 Å². The fraction of sp³-hybridized carbons (Fsp3) is 0.429. The van der Waals surface area contributed by atoms with Gasteiger partial charge in [0.05, 0.1) is 17.9 Å². The van der Waals surface area contributed by atoms with E-state index in [1.54, 1.807) is 0 Å². The van der Waals surface area contributed by atoms with Gasteiger partial charge in [-0.1, -0.05) is 23.8 Å². The quantitative estimate of drug-likeness (QED) is 0.841. The van der Waals surface area contributed by atoms with Crippen LogP contribution in [0.4, 0.5) is 5.69 Å². The Labute approximate surface area is 107 Å². The Balaban J connectivity index is 2.03. The van der Waals surface area contributed by atoms with Crippen LogP contribution in [0.5, 0.6) is 0 Å². The highest BCUT2D eigenvalue weighted by molar-refractivity contribution is 5.42. The maximum absolute atomic E-state index is 5.90. The van der Waals surface area contributed by atoms with Crippen LogP contribution in [0.2, 0.25) is 0 Å². The number of rotatable bonds is 3. The Hall–Kier alpha value is -1.84. The highest BCUT2D eigenvalue weighted by atomic mass is 15.4. The van der Waals surface area contributed by atoms with Gasteiger partial charge in [-0.15, -0.1) is 5.10 Å². The van der Waals surface area contributed by atoms with E-state index < -0.39 is 0 Å². The van der Waals surface area contributed by atoms with E-state index in [1.165, 1.54) is 24.8 Å². The molecule has 94 valence electrons. The number of anilines is 1. The van der Waals surface area contributed by atoms with E-state index >= 15 is 0 Å². The number of aryl methyl sites for hydroxylation is 1. The van der Waals surface area contributed by atoms with Gasteiger partial charge in [0, 0.05) is 5.69 Å². The van der Waals surface area contributed by atoms with Crippen molar-refractivity contribution in [3.05, 3.63) is 41.7 Å². The van der Waals surface area contributed by atoms with E-state index in [4.69, 9.17) is 5.73 Å². The highest BCUT2D eigenvalue weighted by Gasteiger charge is 2.31. The van der Waals surface area contributed by atoms with Crippen molar-refractivity contribution in [1.82, 2.24) is 15.0 Å². The van der Waals surface area contributed by atoms with E-state index in [1.807, 2.05) is 23.0 Å². The van der Waals surface area contributed by atoms with E-state index in [9.17, 15) is 0 Å². The highest BCUT2D eigenvalue weighted by Crippen LogP contribution is 2.40. The van der Waals surface area contributed by atoms with Crippen molar-refractivity contribution < 1.29 is 0 Å². The van der Waals surface area contributed by atoms with Crippen LogP contribution in [-0.4, -0.2) is 15.0 Å². The molecular formula is C14H18N4. The zero-order valence-corrected chi connectivity index (χ0v) is 10.6. The van der Waals surface area contributed by atoms with Gasteiger partial charge in [0.2, 0.25) is 0 Å². The van der Waals surface area contributed by atoms with E-state index in [-0.39, 0.29) is 6.04 Å². The van der Waals surface area contributed by atoms with Crippen LogP contribution in [0.15, 0.2) is 30.5 Å². The predicted octanol–water partition coefficient (Wildman–Crippen LogP) is 2.56. The molecule has 4 heteroatoms. The lowest BCUT2D eigenvalue weighted by atomic mass is 9.77. The van der Waals surface area contributed by atoms with Crippen molar-refractivity contribution in [2.24, 2.45) is 5.92 Å². The average molecular weight is 242 g/mol. The number of nitrogens with zero attached hydrogens (tertiary/aromatic N) is 3. The van der Waals surface area contributed by atoms with Crippen molar-refractivity contribution in [3.8, 4) is 0 Å². The minimum Gasteiger partial charge on any atom is -0.399 e. The molecule has 1 aliphatic carbocycles. The molecule has 0 amide bonds. The number of nitrogen functional groups attached to an aromatic ring is 1. The van der Waals surface area contributed by atoms with Gasteiger partial charge in [0.25, 0.3) is 0 Å². The third kappa shape index (κ3) is 1.88. The lowest BCUT2D eigenvalue weighted by Crippen LogP contribution is -2.27. The molecule has 3 rings (SSSR count). The van der Waals surface area contributed by atoms with Crippen molar-refractivity contribution >= 4 is 5.69 Å². The summed E-state index contributed by atoms with van der Waals surface area (Å²) in [4.78, 5) is 0. The first-order chi connectivity index (χ1) is 8.75. The average Bonchev–Trinajstić information content (AvgIpc) is 2.69. The van der Waals surface area contributed by atoms with Gasteiger partial charge in [-0.3, -0.25) is 0 Å². The summed E-state index contributed by atoms with van der Waals surface area (Å²) in [6, 6.07) is 8.42. The Morgan fingerprint density at radius 2 is 2.22 bits per heavy atom. The Morgan fingerprint density at radius 1 is 1.39 bits per heavy atom. The zero-order valence-electron chi connectivity index (χ0n) is 10.6. The van der Waals surface area contributed by atoms with Crippen LogP contribution in [0, 0.1) is 12.8 Å². The van der Waals surface area contributed by atoms with Crippen LogP contribution in [0.1, 0.15) is 36.6 Å². The molecular weight excluding hydrogens is 224 g/mol. The van der Waals surface area contributed by atoms with Gasteiger partial charge >= 0.3 is 0 Å². The van der Waals surface area contributed by atoms with Gasteiger partial charge < -0.3 is 5.73 Å². The third-order valence-corrected chi connectivity index (χ3v) is 3.87. The Bertz CT molecular complexity index is 542. The summed E-state index contributed by atoms with van der Waals surface area (Å²) in [7, 11) is 0. The van der Waals surface area contributed by atoms with Crippen molar-refractivity contribution in [2.45, 2.75) is 32.2 Å². The van der Waals surface area contributed by atoms with Gasteiger partial charge in [-0.2, -0.15) is 0 Å². The first-order valence-electron chi connectivity index (χ1n) is 6.48. The SMILES string of the molecule is Cc1cnnn1C(c1cccc(N)c1)C1CCC1. The first-order valence-corrected chi connectivity index (χ1v) is 6.48. The molecule has 1 aliphatic rings. The van der Waals surface area contributed by atoms with Crippen LogP contribution < -0.4 is 5.73 Å². The van der Waals surface area contributed by atoms with E-state index in [0.29, 0.717) is 5.92 Å². The summed E-state index contributed by atoms with van der Waals surface area (Å²) in [6.07, 6.45) is 5.66. The van der Waals surface area contributed by atoms with Crippen LogP contribution in [0.25, 0.3) is 0 Å². The maximum atomic E-state index is 5.90. The summed E-state index contributed by atoms with van der Waals surface area (Å²) in [5.41, 5.74) is 9.07. The number of nitrogens with two attached hydrogens (primary N) is 1. The summed E-state index contributed by atoms with van der Waals surface area (Å²) >= 11 is 0. The summed E-state index contributed by atoms with van der Waals surface area (Å²) in [5, 5.41) is 8.26. The zero-order chi connectivity index (χ0) is 12.5. The lowest BCUT2D eigenvalue weighted by molar-refractivity contribution is 0.221. The Kier molecular flexibility index (Phi) is 2.78. The molecule has 4 nitrogen and oxygen atoms in total. The second-order valence-corrected chi connectivity index (χ2v) is 5.13. The van der Waals surface area contributed by atoms with E-state index in [0.717, 1.165) is 11.4 Å². The van der Waals surface area contributed by atoms with Gasteiger partial charge in [-0.25, -0.2) is 4.68 Å². The standard InChI is InChI=1S/C14H18N4/c1-10-9-16-17-18(10)14(11-4-2-5-11)12-6-3-7-13(15)8-12/h3,6-9,11,14H,2,4-5,15H2,1H3. The normalized spacial score (nSPS) is 17.4. The van der Waals surface area contributed by atoms with Gasteiger partial charge in [-0.05, 0) is 43.4 Å². The molecule has 2 aromatic rings. The second kappa shape index (κ2) is 4.44. The summed E-state index contributed by atoms with van der Waals surface area (Å²) < 4.78 is 2.04. The van der Waals surface area contributed by atoms with Gasteiger partial charge in [0.15, 0.2) is 0 Å². The second-order valence-electron chi connectivity index (χ2n) is 5.13. The van der Waals surface area contributed by atoms with Crippen molar-refractivity contribution in [2.75, 3.05) is 5.73 Å². The van der Waals surface area contributed by atoms with Gasteiger partial charge in [0.1, 0.15) is 0 Å². The number of hydrogen-bond acceptors (Lipinski definition) is 3. The molecule has 1 heterocycles. The molecule has 0 bridgehead atoms. The van der Waals surface area contributed by atoms with Crippen LogP contribution in [0.3, 0.4) is 0 Å². The first kappa shape index (κ1) is 11.3. The monoisotopic (exact) mass is 242 g/mol. The molecule has 1 aromatic heterocycles. The molecule has 1 fully saturated rings. The largest absolute Gasteiger partial charge is 0.399 e. The molecule has 2 N–H and O–H groups in total. The fourth-order valence-electron chi connectivity index (χ4n) is 2.68. The minimum absolute atomic E-state index is 0.282. The lowest BCUT2D eigenvalue weighted by Gasteiger charge is -2.34. The molecule has 1 aromatic carbocycles. The summed E-state index contributed by atoms with van der Waals surface area (Å²) in [5.74, 6) is 0.659. The molecule has 0 spiro atoms. The van der Waals surface area contributed by atoms with Crippen LogP contribution in [-0.2, 0) is 0 Å². The third-order valence-electron chi connectivity index (χ3n) is 3.87. The van der Waals surface area contributed by atoms with Crippen LogP contribution >= 0.6 is 0 Å². The number of benzene rings is 1. The molecule has 18 heavy (non-hydrogen) atoms. The smallest absolute Gasteiger partial charge is 0.0818 e. The summed E-state index contributed by atoms with van der Waals surface area (Å²) in [6.45, 7) is 2.05. The fourth-order valence-corrected chi connectivity index (χ4v) is 2.68. The minimum atomic E-state index is 0.282. The molecule has 1 unspecified atom stereocenters. The number of hydrogen-bond donors (Lipinski definition) is 1. The Morgan fingerprint density at radius 3 is 2.78 bits per heavy atom.